The zero-order valence-electron chi connectivity index (χ0n) is 19.7. The fraction of sp³-hybridized carbons (Fsp3) is 0.138. The van der Waals surface area contributed by atoms with E-state index in [-0.39, 0.29) is 5.91 Å². The molecule has 1 N–H and O–H groups in total. The van der Waals surface area contributed by atoms with E-state index in [1.165, 1.54) is 0 Å². The van der Waals surface area contributed by atoms with E-state index in [0.29, 0.717) is 36.0 Å². The molecule has 0 fully saturated rings. The van der Waals surface area contributed by atoms with Crippen molar-refractivity contribution in [2.75, 3.05) is 19.5 Å². The van der Waals surface area contributed by atoms with Gasteiger partial charge in [-0.2, -0.15) is 0 Å². The minimum absolute atomic E-state index is 0.247. The first-order valence-corrected chi connectivity index (χ1v) is 11.2. The molecule has 4 aromatic rings. The van der Waals surface area contributed by atoms with Crippen molar-refractivity contribution < 1.29 is 23.7 Å². The summed E-state index contributed by atoms with van der Waals surface area (Å²) in [6.07, 6.45) is 0. The molecule has 0 aliphatic carbocycles. The number of methoxy groups -OCH3 is 2. The quantitative estimate of drug-likeness (QED) is 0.303. The Morgan fingerprint density at radius 2 is 1.31 bits per heavy atom. The van der Waals surface area contributed by atoms with Gasteiger partial charge in [0.1, 0.15) is 24.7 Å². The van der Waals surface area contributed by atoms with Crippen molar-refractivity contribution in [3.05, 3.63) is 114 Å². The Bertz CT molecular complexity index is 1240. The monoisotopic (exact) mass is 469 g/mol. The molecule has 6 nitrogen and oxygen atoms in total. The first kappa shape index (κ1) is 23.7. The van der Waals surface area contributed by atoms with Crippen molar-refractivity contribution in [3.63, 3.8) is 0 Å². The second-order valence-electron chi connectivity index (χ2n) is 7.76. The third kappa shape index (κ3) is 6.54. The number of rotatable bonds is 10. The van der Waals surface area contributed by atoms with Crippen LogP contribution in [0.5, 0.6) is 23.0 Å². The van der Waals surface area contributed by atoms with Gasteiger partial charge in [-0.15, -0.1) is 0 Å². The van der Waals surface area contributed by atoms with E-state index in [4.69, 9.17) is 18.9 Å². The molecule has 178 valence electrons. The molecule has 0 aliphatic rings. The Kier molecular flexibility index (Phi) is 7.86. The third-order valence-corrected chi connectivity index (χ3v) is 5.34. The highest BCUT2D eigenvalue weighted by atomic mass is 16.5. The molecule has 0 aliphatic heterocycles. The molecule has 0 radical (unpaired) electrons. The number of hydrogen-bond donors (Lipinski definition) is 1. The smallest absolute Gasteiger partial charge is 0.255 e. The molecule has 0 saturated carbocycles. The van der Waals surface area contributed by atoms with Crippen LogP contribution in [0, 0.1) is 0 Å². The summed E-state index contributed by atoms with van der Waals surface area (Å²) in [6.45, 7) is 0.851. The molecule has 0 heterocycles. The van der Waals surface area contributed by atoms with Gasteiger partial charge in [-0.1, -0.05) is 42.5 Å². The van der Waals surface area contributed by atoms with Gasteiger partial charge < -0.3 is 24.3 Å². The summed E-state index contributed by atoms with van der Waals surface area (Å²) >= 11 is 0. The summed E-state index contributed by atoms with van der Waals surface area (Å²) in [6, 6.07) is 30.0. The van der Waals surface area contributed by atoms with Crippen molar-refractivity contribution in [1.29, 1.82) is 0 Å². The van der Waals surface area contributed by atoms with Crippen LogP contribution >= 0.6 is 0 Å². The number of nitrogens with one attached hydrogen (secondary N) is 1. The van der Waals surface area contributed by atoms with E-state index in [0.717, 1.165) is 22.6 Å². The van der Waals surface area contributed by atoms with Gasteiger partial charge in [-0.05, 0) is 65.7 Å². The largest absolute Gasteiger partial charge is 0.497 e. The average molecular weight is 470 g/mol. The first-order chi connectivity index (χ1) is 17.1. The highest BCUT2D eigenvalue weighted by Gasteiger charge is 2.12. The maximum absolute atomic E-state index is 12.8. The van der Waals surface area contributed by atoms with Crippen molar-refractivity contribution in [2.24, 2.45) is 0 Å². The van der Waals surface area contributed by atoms with Crippen LogP contribution in [0.4, 0.5) is 5.69 Å². The normalized spacial score (nSPS) is 10.3. The van der Waals surface area contributed by atoms with E-state index in [9.17, 15) is 4.79 Å². The third-order valence-electron chi connectivity index (χ3n) is 5.34. The summed E-state index contributed by atoms with van der Waals surface area (Å²) in [5, 5.41) is 2.90. The minimum Gasteiger partial charge on any atom is -0.497 e. The molecule has 4 aromatic carbocycles. The zero-order chi connectivity index (χ0) is 24.5. The number of carbonyl (C=O) groups is 1. The predicted molar refractivity (Wildman–Crippen MR) is 135 cm³/mol. The van der Waals surface area contributed by atoms with Crippen LogP contribution in [0.25, 0.3) is 0 Å². The Morgan fingerprint density at radius 3 is 2.00 bits per heavy atom. The van der Waals surface area contributed by atoms with E-state index in [1.807, 2.05) is 78.9 Å². The second kappa shape index (κ2) is 11.6. The number of carbonyl (C=O) groups excluding carboxylic acids is 1. The van der Waals surface area contributed by atoms with Crippen LogP contribution in [-0.4, -0.2) is 20.1 Å². The highest BCUT2D eigenvalue weighted by molar-refractivity contribution is 6.04. The Hall–Kier alpha value is -4.45. The molecular formula is C29H27NO5. The molecule has 4 rings (SSSR count). The van der Waals surface area contributed by atoms with E-state index < -0.39 is 0 Å². The van der Waals surface area contributed by atoms with Gasteiger partial charge in [0.15, 0.2) is 11.5 Å². The summed E-state index contributed by atoms with van der Waals surface area (Å²) in [5.74, 6) is 2.31. The van der Waals surface area contributed by atoms with Crippen molar-refractivity contribution in [2.45, 2.75) is 13.2 Å². The molecule has 0 unspecified atom stereocenters. The second-order valence-corrected chi connectivity index (χ2v) is 7.76. The Morgan fingerprint density at radius 1 is 0.657 bits per heavy atom. The van der Waals surface area contributed by atoms with E-state index in [1.54, 1.807) is 32.4 Å². The topological polar surface area (TPSA) is 66.0 Å². The fourth-order valence-electron chi connectivity index (χ4n) is 3.39. The van der Waals surface area contributed by atoms with Gasteiger partial charge in [0, 0.05) is 11.3 Å². The molecular weight excluding hydrogens is 442 g/mol. The lowest BCUT2D eigenvalue weighted by Gasteiger charge is -2.13. The number of hydrogen-bond acceptors (Lipinski definition) is 5. The Labute approximate surface area is 205 Å². The highest BCUT2D eigenvalue weighted by Crippen LogP contribution is 2.29. The summed E-state index contributed by atoms with van der Waals surface area (Å²) in [5.41, 5.74) is 3.21. The average Bonchev–Trinajstić information content (AvgIpc) is 2.92. The van der Waals surface area contributed by atoms with Crippen LogP contribution in [0.2, 0.25) is 0 Å². The molecule has 35 heavy (non-hydrogen) atoms. The molecule has 0 bridgehead atoms. The number of ether oxygens (including phenoxy) is 4. The zero-order valence-corrected chi connectivity index (χ0v) is 19.7. The van der Waals surface area contributed by atoms with Gasteiger partial charge in [0.2, 0.25) is 0 Å². The minimum atomic E-state index is -0.247. The predicted octanol–water partition coefficient (Wildman–Crippen LogP) is 6.11. The molecule has 6 heteroatoms. The van der Waals surface area contributed by atoms with E-state index in [2.05, 4.69) is 5.32 Å². The van der Waals surface area contributed by atoms with Crippen LogP contribution in [-0.2, 0) is 13.2 Å². The van der Waals surface area contributed by atoms with Crippen LogP contribution in [0.15, 0.2) is 97.1 Å². The lowest BCUT2D eigenvalue weighted by atomic mass is 10.1. The van der Waals surface area contributed by atoms with Gasteiger partial charge in [0.25, 0.3) is 5.91 Å². The summed E-state index contributed by atoms with van der Waals surface area (Å²) < 4.78 is 22.3. The first-order valence-electron chi connectivity index (χ1n) is 11.2. The number of amides is 1. The van der Waals surface area contributed by atoms with Gasteiger partial charge in [-0.25, -0.2) is 0 Å². The molecule has 0 saturated heterocycles. The lowest BCUT2D eigenvalue weighted by molar-refractivity contribution is 0.102. The van der Waals surface area contributed by atoms with Crippen LogP contribution < -0.4 is 24.3 Å². The number of anilines is 1. The van der Waals surface area contributed by atoms with Crippen molar-refractivity contribution in [1.82, 2.24) is 0 Å². The summed E-state index contributed by atoms with van der Waals surface area (Å²) in [7, 11) is 3.18. The molecule has 1 amide bonds. The standard InChI is InChI=1S/C29H27NO5/c1-32-25-13-8-22(9-14-25)20-35-27-17-10-23(18-28(27)33-2)29(31)30-24-11-15-26(16-12-24)34-19-21-6-4-3-5-7-21/h3-18H,19-20H2,1-2H3,(H,30,31). The van der Waals surface area contributed by atoms with Crippen molar-refractivity contribution in [3.8, 4) is 23.0 Å². The van der Waals surface area contributed by atoms with Crippen molar-refractivity contribution >= 4 is 11.6 Å². The molecule has 0 atom stereocenters. The maximum Gasteiger partial charge on any atom is 0.255 e. The lowest BCUT2D eigenvalue weighted by Crippen LogP contribution is -2.12. The maximum atomic E-state index is 12.8. The van der Waals surface area contributed by atoms with Gasteiger partial charge in [-0.3, -0.25) is 4.79 Å². The molecule has 0 aromatic heterocycles. The van der Waals surface area contributed by atoms with Gasteiger partial charge in [0.05, 0.1) is 14.2 Å². The van der Waals surface area contributed by atoms with Gasteiger partial charge >= 0.3 is 0 Å². The van der Waals surface area contributed by atoms with Crippen LogP contribution in [0.3, 0.4) is 0 Å². The van der Waals surface area contributed by atoms with Crippen LogP contribution in [0.1, 0.15) is 21.5 Å². The molecule has 0 spiro atoms. The number of benzene rings is 4. The Balaban J connectivity index is 1.34. The summed E-state index contributed by atoms with van der Waals surface area (Å²) in [4.78, 5) is 12.8. The fourth-order valence-corrected chi connectivity index (χ4v) is 3.39. The van der Waals surface area contributed by atoms with E-state index >= 15 is 0 Å². The SMILES string of the molecule is COc1ccc(COc2ccc(C(=O)Nc3ccc(OCc4ccccc4)cc3)cc2OC)cc1.